The van der Waals surface area contributed by atoms with E-state index in [1.807, 2.05) is 19.1 Å². The fourth-order valence-electron chi connectivity index (χ4n) is 1.92. The van der Waals surface area contributed by atoms with Crippen LogP contribution in [0.5, 0.6) is 0 Å². The first-order chi connectivity index (χ1) is 8.70. The maximum Gasteiger partial charge on any atom is 0.409 e. The van der Waals surface area contributed by atoms with Crippen LogP contribution in [-0.2, 0) is 4.74 Å². The van der Waals surface area contributed by atoms with E-state index in [0.717, 1.165) is 18.9 Å². The molecule has 2 heterocycles. The first kappa shape index (κ1) is 12.5. The zero-order valence-corrected chi connectivity index (χ0v) is 10.5. The Balaban J connectivity index is 1.90. The molecule has 1 fully saturated rings. The third-order valence-corrected chi connectivity index (χ3v) is 2.90. The molecule has 1 saturated heterocycles. The molecule has 0 bridgehead atoms. The van der Waals surface area contributed by atoms with Crippen molar-refractivity contribution in [2.75, 3.05) is 43.4 Å². The summed E-state index contributed by atoms with van der Waals surface area (Å²) in [6.45, 7) is 5.06. The van der Waals surface area contributed by atoms with Crippen molar-refractivity contribution in [1.29, 1.82) is 0 Å². The number of nitrogens with two attached hydrogens (primary N) is 1. The van der Waals surface area contributed by atoms with Gasteiger partial charge in [0.1, 0.15) is 5.82 Å². The predicted octanol–water partition coefficient (Wildman–Crippen LogP) is 0.942. The minimum absolute atomic E-state index is 0.234. The molecule has 0 radical (unpaired) electrons. The summed E-state index contributed by atoms with van der Waals surface area (Å²) in [6, 6.07) is 3.73. The number of nitrogen functional groups attached to an aromatic ring is 1. The van der Waals surface area contributed by atoms with Gasteiger partial charge < -0.3 is 20.3 Å². The number of aromatic nitrogens is 1. The molecular weight excluding hydrogens is 232 g/mol. The lowest BCUT2D eigenvalue weighted by atomic mass is 10.3. The van der Waals surface area contributed by atoms with E-state index in [-0.39, 0.29) is 6.09 Å². The molecule has 6 nitrogen and oxygen atoms in total. The van der Waals surface area contributed by atoms with Crippen LogP contribution in [0.15, 0.2) is 18.3 Å². The lowest BCUT2D eigenvalue weighted by molar-refractivity contribution is 0.105. The molecule has 1 aliphatic rings. The molecule has 2 rings (SSSR count). The van der Waals surface area contributed by atoms with E-state index >= 15 is 0 Å². The van der Waals surface area contributed by atoms with E-state index in [1.54, 1.807) is 11.1 Å². The number of hydrogen-bond donors (Lipinski definition) is 1. The fourth-order valence-corrected chi connectivity index (χ4v) is 1.92. The summed E-state index contributed by atoms with van der Waals surface area (Å²) >= 11 is 0. The topological polar surface area (TPSA) is 71.7 Å². The van der Waals surface area contributed by atoms with Crippen molar-refractivity contribution in [1.82, 2.24) is 9.88 Å². The average molecular weight is 250 g/mol. The van der Waals surface area contributed by atoms with Gasteiger partial charge in [0.15, 0.2) is 0 Å². The van der Waals surface area contributed by atoms with Crippen molar-refractivity contribution in [3.63, 3.8) is 0 Å². The van der Waals surface area contributed by atoms with Crippen molar-refractivity contribution in [3.05, 3.63) is 18.3 Å². The van der Waals surface area contributed by atoms with Gasteiger partial charge in [0.05, 0.1) is 18.5 Å². The van der Waals surface area contributed by atoms with Crippen molar-refractivity contribution in [2.45, 2.75) is 6.92 Å². The van der Waals surface area contributed by atoms with E-state index in [0.29, 0.717) is 25.4 Å². The minimum atomic E-state index is -0.234. The number of rotatable bonds is 2. The summed E-state index contributed by atoms with van der Waals surface area (Å²) in [5.41, 5.74) is 6.26. The molecule has 6 heteroatoms. The highest BCUT2D eigenvalue weighted by atomic mass is 16.6. The van der Waals surface area contributed by atoms with E-state index < -0.39 is 0 Å². The summed E-state index contributed by atoms with van der Waals surface area (Å²) < 4.78 is 4.97. The van der Waals surface area contributed by atoms with Crippen LogP contribution in [0, 0.1) is 0 Å². The van der Waals surface area contributed by atoms with Crippen LogP contribution in [0.1, 0.15) is 6.92 Å². The number of carbonyl (C=O) groups is 1. The van der Waals surface area contributed by atoms with Gasteiger partial charge in [0, 0.05) is 26.2 Å². The Morgan fingerprint density at radius 2 is 2.11 bits per heavy atom. The molecule has 0 unspecified atom stereocenters. The van der Waals surface area contributed by atoms with Crippen LogP contribution in [0.3, 0.4) is 0 Å². The highest BCUT2D eigenvalue weighted by molar-refractivity contribution is 5.68. The molecule has 0 atom stereocenters. The fraction of sp³-hybridized carbons (Fsp3) is 0.500. The third kappa shape index (κ3) is 2.82. The lowest BCUT2D eigenvalue weighted by Gasteiger charge is -2.34. The zero-order chi connectivity index (χ0) is 13.0. The largest absolute Gasteiger partial charge is 0.450 e. The Bertz CT molecular complexity index is 399. The van der Waals surface area contributed by atoms with Gasteiger partial charge in [-0.1, -0.05) is 0 Å². The molecule has 1 aromatic heterocycles. The summed E-state index contributed by atoms with van der Waals surface area (Å²) in [4.78, 5) is 19.7. The molecule has 1 aromatic rings. The maximum atomic E-state index is 11.5. The van der Waals surface area contributed by atoms with Gasteiger partial charge in [0.25, 0.3) is 0 Å². The molecule has 0 aliphatic carbocycles. The van der Waals surface area contributed by atoms with E-state index in [1.165, 1.54) is 0 Å². The van der Waals surface area contributed by atoms with Crippen molar-refractivity contribution in [3.8, 4) is 0 Å². The van der Waals surface area contributed by atoms with Gasteiger partial charge in [0.2, 0.25) is 0 Å². The number of piperazine rings is 1. The summed E-state index contributed by atoms with van der Waals surface area (Å²) in [5, 5.41) is 0. The van der Waals surface area contributed by atoms with Crippen LogP contribution in [0.4, 0.5) is 16.3 Å². The minimum Gasteiger partial charge on any atom is -0.450 e. The first-order valence-corrected chi connectivity index (χ1v) is 6.09. The van der Waals surface area contributed by atoms with Gasteiger partial charge in [-0.25, -0.2) is 9.78 Å². The highest BCUT2D eigenvalue weighted by Gasteiger charge is 2.22. The van der Waals surface area contributed by atoms with Crippen molar-refractivity contribution < 1.29 is 9.53 Å². The Morgan fingerprint density at radius 3 is 2.67 bits per heavy atom. The number of nitrogens with zero attached hydrogens (tertiary/aromatic N) is 3. The molecule has 0 saturated carbocycles. The van der Waals surface area contributed by atoms with E-state index in [2.05, 4.69) is 9.88 Å². The monoisotopic (exact) mass is 250 g/mol. The van der Waals surface area contributed by atoms with Gasteiger partial charge in [-0.05, 0) is 19.1 Å². The summed E-state index contributed by atoms with van der Waals surface area (Å²) in [6.07, 6.45) is 1.41. The Labute approximate surface area is 106 Å². The number of ether oxygens (including phenoxy) is 1. The Hall–Kier alpha value is -1.98. The van der Waals surface area contributed by atoms with Gasteiger partial charge in [-0.2, -0.15) is 0 Å². The first-order valence-electron chi connectivity index (χ1n) is 6.09. The SMILES string of the molecule is CCOC(=O)N1CCN(c2ccc(N)cn2)CC1. The second kappa shape index (κ2) is 5.57. The summed E-state index contributed by atoms with van der Waals surface area (Å²) in [5.74, 6) is 0.896. The van der Waals surface area contributed by atoms with Gasteiger partial charge in [-0.15, -0.1) is 0 Å². The van der Waals surface area contributed by atoms with Crippen molar-refractivity contribution in [2.24, 2.45) is 0 Å². The van der Waals surface area contributed by atoms with E-state index in [9.17, 15) is 4.79 Å². The Kier molecular flexibility index (Phi) is 3.86. The number of carbonyl (C=O) groups excluding carboxylic acids is 1. The maximum absolute atomic E-state index is 11.5. The molecule has 98 valence electrons. The molecule has 2 N–H and O–H groups in total. The molecule has 0 spiro atoms. The van der Waals surface area contributed by atoms with E-state index in [4.69, 9.17) is 10.5 Å². The van der Waals surface area contributed by atoms with Crippen LogP contribution in [0.2, 0.25) is 0 Å². The predicted molar refractivity (Wildman–Crippen MR) is 69.5 cm³/mol. The van der Waals surface area contributed by atoms with Crippen LogP contribution in [0.25, 0.3) is 0 Å². The standard InChI is InChI=1S/C12H18N4O2/c1-2-18-12(17)16-7-5-15(6-8-16)11-4-3-10(13)9-14-11/h3-4,9H,2,5-8,13H2,1H3. The molecular formula is C12H18N4O2. The number of pyridine rings is 1. The lowest BCUT2D eigenvalue weighted by Crippen LogP contribution is -2.49. The molecule has 1 amide bonds. The van der Waals surface area contributed by atoms with Crippen LogP contribution in [-0.4, -0.2) is 48.8 Å². The molecule has 1 aliphatic heterocycles. The summed E-state index contributed by atoms with van der Waals surface area (Å²) in [7, 11) is 0. The quantitative estimate of drug-likeness (QED) is 0.845. The zero-order valence-electron chi connectivity index (χ0n) is 10.5. The average Bonchev–Trinajstić information content (AvgIpc) is 2.40. The number of amides is 1. The Morgan fingerprint density at radius 1 is 1.39 bits per heavy atom. The molecule has 18 heavy (non-hydrogen) atoms. The second-order valence-corrected chi connectivity index (χ2v) is 4.12. The normalized spacial score (nSPS) is 15.6. The number of hydrogen-bond acceptors (Lipinski definition) is 5. The van der Waals surface area contributed by atoms with Gasteiger partial charge >= 0.3 is 6.09 Å². The smallest absolute Gasteiger partial charge is 0.409 e. The molecule has 0 aromatic carbocycles. The van der Waals surface area contributed by atoms with Crippen molar-refractivity contribution >= 4 is 17.6 Å². The van der Waals surface area contributed by atoms with Crippen LogP contribution < -0.4 is 10.6 Å². The second-order valence-electron chi connectivity index (χ2n) is 4.12. The van der Waals surface area contributed by atoms with Gasteiger partial charge in [-0.3, -0.25) is 0 Å². The number of anilines is 2. The highest BCUT2D eigenvalue weighted by Crippen LogP contribution is 2.14. The van der Waals surface area contributed by atoms with Crippen LogP contribution >= 0.6 is 0 Å². The third-order valence-electron chi connectivity index (χ3n) is 2.90.